The second-order valence-corrected chi connectivity index (χ2v) is 16.7. The monoisotopic (exact) mass is 810 g/mol. The van der Waals surface area contributed by atoms with Crippen LogP contribution in [-0.4, -0.2) is 0 Å². The van der Waals surface area contributed by atoms with Gasteiger partial charge in [-0.1, -0.05) is 158 Å². The Morgan fingerprint density at radius 1 is 0.306 bits per heavy atom. The van der Waals surface area contributed by atoms with Crippen LogP contribution in [0.25, 0.3) is 75.1 Å². The molecule has 0 saturated heterocycles. The third-order valence-electron chi connectivity index (χ3n) is 12.0. The number of para-hydroxylation sites is 2. The van der Waals surface area contributed by atoms with Crippen molar-refractivity contribution in [1.29, 1.82) is 0 Å². The van der Waals surface area contributed by atoms with Gasteiger partial charge in [0.15, 0.2) is 0 Å². The summed E-state index contributed by atoms with van der Waals surface area (Å²) in [4.78, 5) is 4.85. The normalized spacial score (nSPS) is 11.5. The number of thiophene rings is 1. The van der Waals surface area contributed by atoms with Gasteiger partial charge in [-0.2, -0.15) is 0 Å². The maximum atomic E-state index is 6.56. The van der Waals surface area contributed by atoms with Crippen LogP contribution in [-0.2, 0) is 0 Å². The van der Waals surface area contributed by atoms with E-state index in [0.717, 1.165) is 61.6 Å². The minimum absolute atomic E-state index is 0.857. The first kappa shape index (κ1) is 36.0. The average Bonchev–Trinajstić information content (AvgIpc) is 3.93. The van der Waals surface area contributed by atoms with E-state index in [-0.39, 0.29) is 0 Å². The Balaban J connectivity index is 1.15. The molecule has 0 aliphatic rings. The first-order chi connectivity index (χ1) is 30.7. The lowest BCUT2D eigenvalue weighted by atomic mass is 10.0. The lowest BCUT2D eigenvalue weighted by Gasteiger charge is -2.30. The Bertz CT molecular complexity index is 3590. The van der Waals surface area contributed by atoms with Gasteiger partial charge in [-0.15, -0.1) is 11.3 Å². The maximum absolute atomic E-state index is 6.56. The van der Waals surface area contributed by atoms with Crippen LogP contribution in [0.15, 0.2) is 235 Å². The van der Waals surface area contributed by atoms with Crippen molar-refractivity contribution >= 4 is 98.3 Å². The molecular formula is C58H38N2OS. The number of rotatable bonds is 8. The van der Waals surface area contributed by atoms with Crippen LogP contribution >= 0.6 is 11.3 Å². The van der Waals surface area contributed by atoms with Crippen molar-refractivity contribution in [2.45, 2.75) is 0 Å². The molecule has 10 aromatic carbocycles. The number of furan rings is 1. The fraction of sp³-hybridized carbons (Fsp3) is 0. The molecule has 3 nitrogen and oxygen atoms in total. The van der Waals surface area contributed by atoms with E-state index >= 15 is 0 Å². The van der Waals surface area contributed by atoms with Crippen LogP contribution in [0.4, 0.5) is 34.1 Å². The maximum Gasteiger partial charge on any atom is 0.137 e. The van der Waals surface area contributed by atoms with Crippen LogP contribution in [0.1, 0.15) is 0 Å². The standard InChI is InChI=1S/C58H38N2OS/c1-4-16-39(17-5-1)42-21-14-25-45(36-42)59(44-23-8-3-9-24-44)53-35-34-52(56-51-32-30-41-20-10-11-27-48(41)57(51)62-58(53)56)60(46-26-15-22-43(37-46)40-18-6-2-7-19-40)47-31-33-50-49-28-12-13-29-54(49)61-55(50)38-47/h1-38H. The van der Waals surface area contributed by atoms with E-state index in [1.165, 1.54) is 47.6 Å². The highest BCUT2D eigenvalue weighted by molar-refractivity contribution is 7.27. The molecule has 4 heteroatoms. The Kier molecular flexibility index (Phi) is 8.68. The Labute approximate surface area is 363 Å². The zero-order valence-corrected chi connectivity index (χ0v) is 34.5. The van der Waals surface area contributed by atoms with Crippen LogP contribution in [0.5, 0.6) is 0 Å². The van der Waals surface area contributed by atoms with Crippen molar-refractivity contribution < 1.29 is 4.42 Å². The summed E-state index contributed by atoms with van der Waals surface area (Å²) in [5, 5.41) is 7.12. The SMILES string of the molecule is c1ccc(-c2cccc(N(c3ccccc3)c3ccc(N(c4cccc(-c5ccccc5)c4)c4ccc5c(c4)oc4ccccc45)c4c3sc3c5ccccc5ccc34)c2)cc1. The highest BCUT2D eigenvalue weighted by Crippen LogP contribution is 2.52. The second-order valence-electron chi connectivity index (χ2n) is 15.7. The summed E-state index contributed by atoms with van der Waals surface area (Å²) in [6, 6.07) is 82.9. The molecule has 292 valence electrons. The van der Waals surface area contributed by atoms with E-state index in [1.54, 1.807) is 0 Å². The zero-order valence-electron chi connectivity index (χ0n) is 33.7. The highest BCUT2D eigenvalue weighted by Gasteiger charge is 2.25. The van der Waals surface area contributed by atoms with Gasteiger partial charge in [-0.3, -0.25) is 0 Å². The molecule has 62 heavy (non-hydrogen) atoms. The van der Waals surface area contributed by atoms with Gasteiger partial charge in [0, 0.05) is 55.1 Å². The van der Waals surface area contributed by atoms with E-state index in [1.807, 2.05) is 23.5 Å². The van der Waals surface area contributed by atoms with Gasteiger partial charge < -0.3 is 14.2 Å². The number of nitrogens with zero attached hydrogens (tertiary/aromatic N) is 2. The zero-order chi connectivity index (χ0) is 41.0. The number of benzene rings is 10. The fourth-order valence-electron chi connectivity index (χ4n) is 9.13. The number of fused-ring (bicyclic) bond motifs is 8. The van der Waals surface area contributed by atoms with Crippen LogP contribution in [0, 0.1) is 0 Å². The Hall–Kier alpha value is -7.92. The molecule has 2 heterocycles. The first-order valence-corrected chi connectivity index (χ1v) is 21.8. The van der Waals surface area contributed by atoms with Crippen molar-refractivity contribution in [1.82, 2.24) is 0 Å². The van der Waals surface area contributed by atoms with E-state index in [0.29, 0.717) is 0 Å². The van der Waals surface area contributed by atoms with Gasteiger partial charge in [0.2, 0.25) is 0 Å². The van der Waals surface area contributed by atoms with Crippen molar-refractivity contribution in [3.8, 4) is 22.3 Å². The van der Waals surface area contributed by atoms with E-state index in [2.05, 4.69) is 228 Å². The summed E-state index contributed by atoms with van der Waals surface area (Å²) >= 11 is 1.88. The molecule has 0 fully saturated rings. The van der Waals surface area contributed by atoms with Gasteiger partial charge >= 0.3 is 0 Å². The predicted octanol–water partition coefficient (Wildman–Crippen LogP) is 17.4. The molecule has 12 aromatic rings. The summed E-state index contributed by atoms with van der Waals surface area (Å²) in [5.74, 6) is 0. The summed E-state index contributed by atoms with van der Waals surface area (Å²) in [6.07, 6.45) is 0. The van der Waals surface area contributed by atoms with E-state index in [4.69, 9.17) is 4.42 Å². The molecule has 0 unspecified atom stereocenters. The molecule has 0 atom stereocenters. The molecule has 0 spiro atoms. The number of hydrogen-bond acceptors (Lipinski definition) is 4. The molecule has 0 bridgehead atoms. The summed E-state index contributed by atoms with van der Waals surface area (Å²) in [7, 11) is 0. The number of hydrogen-bond donors (Lipinski definition) is 0. The second kappa shape index (κ2) is 15.0. The molecule has 0 N–H and O–H groups in total. The third kappa shape index (κ3) is 6.11. The van der Waals surface area contributed by atoms with Gasteiger partial charge in [0.05, 0.1) is 16.1 Å². The molecule has 0 saturated carbocycles. The minimum Gasteiger partial charge on any atom is -0.456 e. The van der Waals surface area contributed by atoms with Crippen molar-refractivity contribution in [2.75, 3.05) is 9.80 Å². The van der Waals surface area contributed by atoms with Gasteiger partial charge in [0.1, 0.15) is 11.2 Å². The highest BCUT2D eigenvalue weighted by atomic mass is 32.1. The Morgan fingerprint density at radius 3 is 1.53 bits per heavy atom. The molecule has 0 aliphatic carbocycles. The van der Waals surface area contributed by atoms with Gasteiger partial charge in [0.25, 0.3) is 0 Å². The molecule has 0 amide bonds. The third-order valence-corrected chi connectivity index (χ3v) is 13.3. The molecule has 0 radical (unpaired) electrons. The quantitative estimate of drug-likeness (QED) is 0.152. The minimum atomic E-state index is 0.857. The molecule has 0 aliphatic heterocycles. The fourth-order valence-corrected chi connectivity index (χ4v) is 10.5. The van der Waals surface area contributed by atoms with Crippen LogP contribution in [0.3, 0.4) is 0 Å². The summed E-state index contributed by atoms with van der Waals surface area (Å²) in [6.45, 7) is 0. The lowest BCUT2D eigenvalue weighted by Crippen LogP contribution is -2.13. The molecule has 12 rings (SSSR count). The largest absolute Gasteiger partial charge is 0.456 e. The first-order valence-electron chi connectivity index (χ1n) is 21.0. The van der Waals surface area contributed by atoms with E-state index in [9.17, 15) is 0 Å². The average molecular weight is 811 g/mol. The number of anilines is 6. The molecular weight excluding hydrogens is 773 g/mol. The van der Waals surface area contributed by atoms with E-state index < -0.39 is 0 Å². The lowest BCUT2D eigenvalue weighted by molar-refractivity contribution is 0.669. The van der Waals surface area contributed by atoms with Gasteiger partial charge in [-0.25, -0.2) is 0 Å². The van der Waals surface area contributed by atoms with Gasteiger partial charge in [-0.05, 0) is 99.8 Å². The Morgan fingerprint density at radius 2 is 0.823 bits per heavy atom. The van der Waals surface area contributed by atoms with Crippen molar-refractivity contribution in [2.24, 2.45) is 0 Å². The van der Waals surface area contributed by atoms with Crippen LogP contribution in [0.2, 0.25) is 0 Å². The van der Waals surface area contributed by atoms with Crippen molar-refractivity contribution in [3.05, 3.63) is 231 Å². The summed E-state index contributed by atoms with van der Waals surface area (Å²) in [5.41, 5.74) is 12.9. The van der Waals surface area contributed by atoms with Crippen LogP contribution < -0.4 is 9.80 Å². The topological polar surface area (TPSA) is 19.6 Å². The molecule has 2 aromatic heterocycles. The smallest absolute Gasteiger partial charge is 0.137 e. The summed E-state index contributed by atoms with van der Waals surface area (Å²) < 4.78 is 9.03. The predicted molar refractivity (Wildman–Crippen MR) is 264 cm³/mol. The van der Waals surface area contributed by atoms with Crippen molar-refractivity contribution in [3.63, 3.8) is 0 Å².